The minimum absolute atomic E-state index is 0.0237. The Hall–Kier alpha value is -2.26. The molecule has 1 amide bonds. The minimum atomic E-state index is -0.654. The molecule has 0 bridgehead atoms. The van der Waals surface area contributed by atoms with E-state index in [4.69, 9.17) is 27.9 Å². The van der Waals surface area contributed by atoms with Crippen LogP contribution in [0.25, 0.3) is 10.2 Å². The number of amides is 1. The molecule has 0 saturated carbocycles. The largest absolute Gasteiger partial charge is 0.380 e. The molecule has 0 fully saturated rings. The first-order valence-corrected chi connectivity index (χ1v) is 10.3. The topological polar surface area (TPSA) is 86.7 Å². The van der Waals surface area contributed by atoms with Crippen LogP contribution in [0, 0.1) is 17.0 Å². The summed E-state index contributed by atoms with van der Waals surface area (Å²) < 4.78 is 8.25. The van der Waals surface area contributed by atoms with Gasteiger partial charge in [0.1, 0.15) is 0 Å². The lowest BCUT2D eigenvalue weighted by Crippen LogP contribution is -2.20. The van der Waals surface area contributed by atoms with Gasteiger partial charge < -0.3 is 9.30 Å². The molecule has 0 atom stereocenters. The Balaban J connectivity index is 2.15. The summed E-state index contributed by atoms with van der Waals surface area (Å²) in [5.41, 5.74) is 1.50. The summed E-state index contributed by atoms with van der Waals surface area (Å²) in [6, 6.07) is 7.36. The second kappa shape index (κ2) is 9.04. The highest BCUT2D eigenvalue weighted by molar-refractivity contribution is 7.16. The van der Waals surface area contributed by atoms with E-state index in [-0.39, 0.29) is 16.3 Å². The normalized spacial score (nSPS) is 11.9. The standard InChI is InChI=1S/C19H17Cl2N3O4S/c1-3-28-9-8-23-17-11(2)14(20)6-7-16(17)29-19(23)22-18(25)13-10-12(24(26)27)4-5-15(13)21/h4-7,10H,3,8-9H2,1-2H3. The molecule has 0 N–H and O–H groups in total. The molecule has 29 heavy (non-hydrogen) atoms. The van der Waals surface area contributed by atoms with E-state index in [2.05, 4.69) is 4.99 Å². The van der Waals surface area contributed by atoms with Crippen LogP contribution in [0.15, 0.2) is 35.3 Å². The van der Waals surface area contributed by atoms with Gasteiger partial charge >= 0.3 is 0 Å². The number of fused-ring (bicyclic) bond motifs is 1. The molecule has 3 rings (SSSR count). The van der Waals surface area contributed by atoms with Crippen molar-refractivity contribution >= 4 is 56.3 Å². The second-order valence-electron chi connectivity index (χ2n) is 6.09. The van der Waals surface area contributed by atoms with Crippen LogP contribution >= 0.6 is 34.5 Å². The van der Waals surface area contributed by atoms with Crippen LogP contribution < -0.4 is 4.80 Å². The maximum Gasteiger partial charge on any atom is 0.281 e. The van der Waals surface area contributed by atoms with E-state index in [0.29, 0.717) is 29.6 Å². The number of ether oxygens (including phenoxy) is 1. The van der Waals surface area contributed by atoms with Gasteiger partial charge in [0, 0.05) is 30.3 Å². The zero-order chi connectivity index (χ0) is 21.1. The highest BCUT2D eigenvalue weighted by Gasteiger charge is 2.17. The maximum atomic E-state index is 12.8. The van der Waals surface area contributed by atoms with Crippen molar-refractivity contribution in [1.29, 1.82) is 0 Å². The summed E-state index contributed by atoms with van der Waals surface area (Å²) >= 11 is 13.7. The van der Waals surface area contributed by atoms with Crippen molar-refractivity contribution in [2.24, 2.45) is 4.99 Å². The van der Waals surface area contributed by atoms with E-state index in [1.807, 2.05) is 24.5 Å². The Morgan fingerprint density at radius 3 is 2.69 bits per heavy atom. The first kappa shape index (κ1) is 21.4. The summed E-state index contributed by atoms with van der Waals surface area (Å²) in [5.74, 6) is -0.654. The highest BCUT2D eigenvalue weighted by atomic mass is 35.5. The lowest BCUT2D eigenvalue weighted by atomic mass is 10.2. The molecule has 3 aromatic rings. The fourth-order valence-corrected chi connectivity index (χ4v) is 4.31. The molecule has 0 spiro atoms. The summed E-state index contributed by atoms with van der Waals surface area (Å²) in [5, 5.41) is 11.7. The monoisotopic (exact) mass is 453 g/mol. The van der Waals surface area contributed by atoms with E-state index >= 15 is 0 Å². The number of halogens is 2. The Bertz CT molecular complexity index is 1170. The van der Waals surface area contributed by atoms with E-state index in [1.165, 1.54) is 23.5 Å². The Labute approximate surface area is 180 Å². The summed E-state index contributed by atoms with van der Waals surface area (Å²) in [6.45, 7) is 5.28. The van der Waals surface area contributed by atoms with Gasteiger partial charge in [0.05, 0.1) is 32.3 Å². The molecule has 0 unspecified atom stereocenters. The van der Waals surface area contributed by atoms with Crippen molar-refractivity contribution < 1.29 is 14.5 Å². The molecule has 1 aromatic heterocycles. The molecule has 152 valence electrons. The molecule has 0 aliphatic carbocycles. The van der Waals surface area contributed by atoms with Crippen LogP contribution in [0.5, 0.6) is 0 Å². The lowest BCUT2D eigenvalue weighted by Gasteiger charge is -2.08. The second-order valence-corrected chi connectivity index (χ2v) is 7.91. The van der Waals surface area contributed by atoms with Gasteiger partial charge in [-0.3, -0.25) is 14.9 Å². The van der Waals surface area contributed by atoms with Crippen molar-refractivity contribution in [1.82, 2.24) is 4.57 Å². The average molecular weight is 454 g/mol. The average Bonchev–Trinajstić information content (AvgIpc) is 3.03. The molecule has 0 aliphatic heterocycles. The SMILES string of the molecule is CCOCCn1c(=NC(=O)c2cc([N+](=O)[O-])ccc2Cl)sc2ccc(Cl)c(C)c21. The van der Waals surface area contributed by atoms with Gasteiger partial charge in [-0.05, 0) is 37.6 Å². The highest BCUT2D eigenvalue weighted by Crippen LogP contribution is 2.27. The van der Waals surface area contributed by atoms with Crippen molar-refractivity contribution in [3.8, 4) is 0 Å². The molecule has 0 aliphatic rings. The van der Waals surface area contributed by atoms with E-state index in [0.717, 1.165) is 21.8 Å². The van der Waals surface area contributed by atoms with Crippen LogP contribution in [0.4, 0.5) is 5.69 Å². The number of hydrogen-bond donors (Lipinski definition) is 0. The molecule has 7 nitrogen and oxygen atoms in total. The number of carbonyl (C=O) groups excluding carboxylic acids is 1. The van der Waals surface area contributed by atoms with Crippen LogP contribution in [0.3, 0.4) is 0 Å². The predicted molar refractivity (Wildman–Crippen MR) is 114 cm³/mol. The van der Waals surface area contributed by atoms with E-state index < -0.39 is 10.8 Å². The third-order valence-electron chi connectivity index (χ3n) is 4.28. The van der Waals surface area contributed by atoms with Gasteiger partial charge in [0.2, 0.25) is 0 Å². The lowest BCUT2D eigenvalue weighted by molar-refractivity contribution is -0.384. The number of nitro benzene ring substituents is 1. The Morgan fingerprint density at radius 2 is 2.00 bits per heavy atom. The number of non-ortho nitro benzene ring substituents is 1. The molecule has 10 heteroatoms. The zero-order valence-electron chi connectivity index (χ0n) is 15.6. The summed E-state index contributed by atoms with van der Waals surface area (Å²) in [4.78, 5) is 27.9. The molecule has 0 radical (unpaired) electrons. The first-order valence-electron chi connectivity index (χ1n) is 8.72. The summed E-state index contributed by atoms with van der Waals surface area (Å²) in [6.07, 6.45) is 0. The van der Waals surface area contributed by atoms with E-state index in [9.17, 15) is 14.9 Å². The van der Waals surface area contributed by atoms with Gasteiger partial charge in [-0.1, -0.05) is 34.5 Å². The molecular formula is C19H17Cl2N3O4S. The number of rotatable bonds is 6. The van der Waals surface area contributed by atoms with Gasteiger partial charge in [-0.2, -0.15) is 4.99 Å². The number of nitrogens with zero attached hydrogens (tertiary/aromatic N) is 3. The quantitative estimate of drug-likeness (QED) is 0.298. The third kappa shape index (κ3) is 4.51. The summed E-state index contributed by atoms with van der Waals surface area (Å²) in [7, 11) is 0. The van der Waals surface area contributed by atoms with Crippen LogP contribution in [0.1, 0.15) is 22.8 Å². The number of hydrogen-bond acceptors (Lipinski definition) is 5. The van der Waals surface area contributed by atoms with Crippen molar-refractivity contribution in [3.05, 3.63) is 66.4 Å². The maximum absolute atomic E-state index is 12.8. The van der Waals surface area contributed by atoms with Crippen LogP contribution in [-0.2, 0) is 11.3 Å². The molecule has 2 aromatic carbocycles. The van der Waals surface area contributed by atoms with Gasteiger partial charge in [-0.15, -0.1) is 0 Å². The molecule has 1 heterocycles. The van der Waals surface area contributed by atoms with Crippen molar-refractivity contribution in [2.45, 2.75) is 20.4 Å². The fraction of sp³-hybridized carbons (Fsp3) is 0.263. The molecule has 0 saturated heterocycles. The number of thiazole rings is 1. The predicted octanol–water partition coefficient (Wildman–Crippen LogP) is 5.00. The van der Waals surface area contributed by atoms with Crippen molar-refractivity contribution in [3.63, 3.8) is 0 Å². The molecular weight excluding hydrogens is 437 g/mol. The number of carbonyl (C=O) groups is 1. The number of benzene rings is 2. The Morgan fingerprint density at radius 1 is 1.28 bits per heavy atom. The Kier molecular flexibility index (Phi) is 6.69. The van der Waals surface area contributed by atoms with E-state index in [1.54, 1.807) is 6.07 Å². The number of nitro groups is 1. The smallest absolute Gasteiger partial charge is 0.281 e. The first-order chi connectivity index (χ1) is 13.8. The number of aromatic nitrogens is 1. The van der Waals surface area contributed by atoms with Crippen LogP contribution in [0.2, 0.25) is 10.0 Å². The number of aryl methyl sites for hydroxylation is 1. The van der Waals surface area contributed by atoms with Gasteiger partial charge in [0.15, 0.2) is 4.80 Å². The van der Waals surface area contributed by atoms with Gasteiger partial charge in [-0.25, -0.2) is 0 Å². The third-order valence-corrected chi connectivity index (χ3v) is 6.06. The fourth-order valence-electron chi connectivity index (χ4n) is 2.85. The van der Waals surface area contributed by atoms with Crippen LogP contribution in [-0.4, -0.2) is 28.6 Å². The van der Waals surface area contributed by atoms with Gasteiger partial charge in [0.25, 0.3) is 11.6 Å². The van der Waals surface area contributed by atoms with Crippen molar-refractivity contribution in [2.75, 3.05) is 13.2 Å². The zero-order valence-corrected chi connectivity index (χ0v) is 18.0. The minimum Gasteiger partial charge on any atom is -0.380 e.